The van der Waals surface area contributed by atoms with Gasteiger partial charge in [0.05, 0.1) is 0 Å². The van der Waals surface area contributed by atoms with E-state index in [2.05, 4.69) is 73.5 Å². The summed E-state index contributed by atoms with van der Waals surface area (Å²) in [6.45, 7) is 8.55. The van der Waals surface area contributed by atoms with Crippen molar-refractivity contribution < 1.29 is 0 Å². The summed E-state index contributed by atoms with van der Waals surface area (Å²) in [5.74, 6) is 0. The van der Waals surface area contributed by atoms with Crippen LogP contribution >= 0.6 is 0 Å². The molecule has 0 saturated carbocycles. The molecular weight excluding hydrogens is 244 g/mol. The van der Waals surface area contributed by atoms with E-state index in [0.29, 0.717) is 6.04 Å². The molecule has 0 aliphatic carbocycles. The Morgan fingerprint density at radius 1 is 1.05 bits per heavy atom. The van der Waals surface area contributed by atoms with Gasteiger partial charge in [0.15, 0.2) is 0 Å². The van der Waals surface area contributed by atoms with Gasteiger partial charge in [0.1, 0.15) is 0 Å². The largest absolute Gasteiger partial charge is 0.339 e. The van der Waals surface area contributed by atoms with Crippen LogP contribution in [-0.4, -0.2) is 12.6 Å². The van der Waals surface area contributed by atoms with Crippen molar-refractivity contribution in [3.63, 3.8) is 0 Å². The summed E-state index contributed by atoms with van der Waals surface area (Å²) in [7, 11) is 0. The average molecular weight is 266 g/mol. The molecule has 1 atom stereocenters. The van der Waals surface area contributed by atoms with Crippen molar-refractivity contribution in [3.8, 4) is 0 Å². The predicted molar refractivity (Wildman–Crippen MR) is 85.7 cm³/mol. The van der Waals surface area contributed by atoms with Crippen LogP contribution in [0.5, 0.6) is 0 Å². The Kier molecular flexibility index (Phi) is 3.49. The summed E-state index contributed by atoms with van der Waals surface area (Å²) in [5, 5.41) is 3.59. The van der Waals surface area contributed by atoms with Gasteiger partial charge in [0, 0.05) is 30.5 Å². The number of benzene rings is 2. The number of nitrogens with one attached hydrogen (secondary N) is 1. The first-order chi connectivity index (χ1) is 9.65. The number of nitrogens with zero attached hydrogens (tertiary/aromatic N) is 1. The number of fused-ring (bicyclic) bond motifs is 1. The lowest BCUT2D eigenvalue weighted by molar-refractivity contribution is 0.568. The minimum Gasteiger partial charge on any atom is -0.339 e. The predicted octanol–water partition coefficient (Wildman–Crippen LogP) is 3.93. The maximum Gasteiger partial charge on any atom is 0.0456 e. The topological polar surface area (TPSA) is 15.3 Å². The number of aryl methyl sites for hydroxylation is 2. The van der Waals surface area contributed by atoms with Gasteiger partial charge in [0.2, 0.25) is 0 Å². The van der Waals surface area contributed by atoms with E-state index in [4.69, 9.17) is 0 Å². The van der Waals surface area contributed by atoms with Gasteiger partial charge >= 0.3 is 0 Å². The number of anilines is 2. The molecule has 2 heteroatoms. The van der Waals surface area contributed by atoms with Gasteiger partial charge in [-0.3, -0.25) is 0 Å². The third-order valence-corrected chi connectivity index (χ3v) is 4.04. The van der Waals surface area contributed by atoms with Crippen molar-refractivity contribution in [2.45, 2.75) is 33.4 Å². The molecule has 1 N–H and O–H groups in total. The number of para-hydroxylation sites is 1. The van der Waals surface area contributed by atoms with Gasteiger partial charge in [-0.15, -0.1) is 0 Å². The highest BCUT2D eigenvalue weighted by atomic mass is 15.2. The van der Waals surface area contributed by atoms with Crippen LogP contribution in [0.1, 0.15) is 23.6 Å². The maximum absolute atomic E-state index is 3.59. The lowest BCUT2D eigenvalue weighted by atomic mass is 10.1. The normalized spacial score (nSPS) is 18.6. The van der Waals surface area contributed by atoms with E-state index in [1.54, 1.807) is 0 Å². The Bertz CT molecular complexity index is 619. The van der Waals surface area contributed by atoms with Gasteiger partial charge in [-0.25, -0.2) is 0 Å². The molecule has 0 amide bonds. The molecule has 0 saturated heterocycles. The highest BCUT2D eigenvalue weighted by Gasteiger charge is 2.20. The molecule has 0 aromatic heterocycles. The summed E-state index contributed by atoms with van der Waals surface area (Å²) in [6, 6.07) is 15.9. The van der Waals surface area contributed by atoms with Crippen molar-refractivity contribution in [2.24, 2.45) is 0 Å². The standard InChI is InChI=1S/C18H22N2/c1-13-8-9-14(2)18(10-13)20-12-15(3)19-11-16-6-4-5-7-17(16)20/h4-10,15,19H,11-12H2,1-3H3. The zero-order chi connectivity index (χ0) is 14.1. The number of rotatable bonds is 1. The van der Waals surface area contributed by atoms with E-state index in [1.807, 2.05) is 0 Å². The Morgan fingerprint density at radius 2 is 1.85 bits per heavy atom. The average Bonchev–Trinajstić information content (AvgIpc) is 2.61. The lowest BCUT2D eigenvalue weighted by Gasteiger charge is -2.28. The van der Waals surface area contributed by atoms with Gasteiger partial charge in [-0.05, 0) is 49.6 Å². The fraction of sp³-hybridized carbons (Fsp3) is 0.333. The molecule has 104 valence electrons. The summed E-state index contributed by atoms with van der Waals surface area (Å²) in [5.41, 5.74) is 6.68. The SMILES string of the molecule is Cc1ccc(C)c(N2CC(C)NCc3ccccc32)c1. The molecular formula is C18H22N2. The minimum absolute atomic E-state index is 0.474. The Hall–Kier alpha value is -1.80. The smallest absolute Gasteiger partial charge is 0.0456 e. The van der Waals surface area contributed by atoms with Crippen LogP contribution < -0.4 is 10.2 Å². The Labute approximate surface area is 121 Å². The van der Waals surface area contributed by atoms with Crippen molar-refractivity contribution >= 4 is 11.4 Å². The van der Waals surface area contributed by atoms with E-state index in [1.165, 1.54) is 28.1 Å². The number of hydrogen-bond acceptors (Lipinski definition) is 2. The summed E-state index contributed by atoms with van der Waals surface area (Å²) >= 11 is 0. The molecule has 0 bridgehead atoms. The van der Waals surface area contributed by atoms with Crippen LogP contribution in [-0.2, 0) is 6.54 Å². The minimum atomic E-state index is 0.474. The first-order valence-electron chi connectivity index (χ1n) is 7.31. The van der Waals surface area contributed by atoms with Crippen molar-refractivity contribution in [1.29, 1.82) is 0 Å². The molecule has 1 heterocycles. The van der Waals surface area contributed by atoms with Crippen LogP contribution in [0.15, 0.2) is 42.5 Å². The van der Waals surface area contributed by atoms with E-state index >= 15 is 0 Å². The third-order valence-electron chi connectivity index (χ3n) is 4.04. The molecule has 1 aliphatic heterocycles. The molecule has 2 nitrogen and oxygen atoms in total. The quantitative estimate of drug-likeness (QED) is 0.841. The van der Waals surface area contributed by atoms with Crippen LogP contribution in [0.25, 0.3) is 0 Å². The molecule has 2 aromatic carbocycles. The lowest BCUT2D eigenvalue weighted by Crippen LogP contribution is -2.33. The van der Waals surface area contributed by atoms with E-state index in [9.17, 15) is 0 Å². The highest BCUT2D eigenvalue weighted by Crippen LogP contribution is 2.33. The van der Waals surface area contributed by atoms with Crippen molar-refractivity contribution in [1.82, 2.24) is 5.32 Å². The molecule has 0 spiro atoms. The van der Waals surface area contributed by atoms with Crippen LogP contribution in [0.2, 0.25) is 0 Å². The second-order valence-electron chi connectivity index (χ2n) is 5.81. The second-order valence-corrected chi connectivity index (χ2v) is 5.81. The van der Waals surface area contributed by atoms with E-state index in [-0.39, 0.29) is 0 Å². The molecule has 3 rings (SSSR count). The van der Waals surface area contributed by atoms with E-state index < -0.39 is 0 Å². The van der Waals surface area contributed by atoms with Gasteiger partial charge in [-0.1, -0.05) is 30.3 Å². The zero-order valence-corrected chi connectivity index (χ0v) is 12.5. The number of hydrogen-bond donors (Lipinski definition) is 1. The summed E-state index contributed by atoms with van der Waals surface area (Å²) in [4.78, 5) is 2.46. The second kappa shape index (κ2) is 5.29. The highest BCUT2D eigenvalue weighted by molar-refractivity contribution is 5.70. The molecule has 0 radical (unpaired) electrons. The summed E-state index contributed by atoms with van der Waals surface area (Å²) < 4.78 is 0. The first-order valence-corrected chi connectivity index (χ1v) is 7.31. The first kappa shape index (κ1) is 13.2. The van der Waals surface area contributed by atoms with E-state index in [0.717, 1.165) is 13.1 Å². The fourth-order valence-corrected chi connectivity index (χ4v) is 2.88. The third kappa shape index (κ3) is 2.44. The Morgan fingerprint density at radius 3 is 2.70 bits per heavy atom. The maximum atomic E-state index is 3.59. The molecule has 1 aliphatic rings. The van der Waals surface area contributed by atoms with Crippen molar-refractivity contribution in [3.05, 3.63) is 59.2 Å². The van der Waals surface area contributed by atoms with Crippen LogP contribution in [0.4, 0.5) is 11.4 Å². The summed E-state index contributed by atoms with van der Waals surface area (Å²) in [6.07, 6.45) is 0. The van der Waals surface area contributed by atoms with Gasteiger partial charge in [0.25, 0.3) is 0 Å². The molecule has 1 unspecified atom stereocenters. The molecule has 20 heavy (non-hydrogen) atoms. The van der Waals surface area contributed by atoms with Gasteiger partial charge in [-0.2, -0.15) is 0 Å². The van der Waals surface area contributed by atoms with Gasteiger partial charge < -0.3 is 10.2 Å². The Balaban J connectivity index is 2.13. The van der Waals surface area contributed by atoms with Crippen molar-refractivity contribution in [2.75, 3.05) is 11.4 Å². The zero-order valence-electron chi connectivity index (χ0n) is 12.5. The molecule has 2 aromatic rings. The monoisotopic (exact) mass is 266 g/mol. The fourth-order valence-electron chi connectivity index (χ4n) is 2.88. The molecule has 0 fully saturated rings. The van der Waals surface area contributed by atoms with Crippen LogP contribution in [0.3, 0.4) is 0 Å². The van der Waals surface area contributed by atoms with Crippen LogP contribution in [0, 0.1) is 13.8 Å².